The number of carboxylic acid groups (broad SMARTS) is 1. The van der Waals surface area contributed by atoms with Crippen molar-refractivity contribution in [2.45, 2.75) is 32.2 Å². The largest absolute Gasteiger partial charge is 0.511 e. The minimum Gasteiger partial charge on any atom is -0.449 e. The van der Waals surface area contributed by atoms with Gasteiger partial charge < -0.3 is 19.3 Å². The number of hydrogen-bond acceptors (Lipinski definition) is 6. The van der Waals surface area contributed by atoms with Gasteiger partial charge in [-0.05, 0) is 31.9 Å². The van der Waals surface area contributed by atoms with Crippen molar-refractivity contribution in [2.75, 3.05) is 37.6 Å². The lowest BCUT2D eigenvalue weighted by atomic mass is 10.1. The first-order valence-electron chi connectivity index (χ1n) is 10.1. The molecule has 2 fully saturated rings. The smallest absolute Gasteiger partial charge is 0.449 e. The molecule has 0 bridgehead atoms. The van der Waals surface area contributed by atoms with Crippen molar-refractivity contribution in [3.8, 4) is 5.75 Å². The van der Waals surface area contributed by atoms with Gasteiger partial charge in [0.2, 0.25) is 5.43 Å². The number of carbonyl (C=O) groups is 2. The molecule has 0 unspecified atom stereocenters. The van der Waals surface area contributed by atoms with Crippen molar-refractivity contribution >= 4 is 28.5 Å². The van der Waals surface area contributed by atoms with Crippen LogP contribution in [0.2, 0.25) is 0 Å². The predicted octanol–water partition coefficient (Wildman–Crippen LogP) is 2.63. The number of pyridine rings is 1. The van der Waals surface area contributed by atoms with Gasteiger partial charge in [0.25, 0.3) is 0 Å². The molecule has 1 saturated carbocycles. The van der Waals surface area contributed by atoms with Crippen LogP contribution in [0, 0.1) is 5.82 Å². The fourth-order valence-electron chi connectivity index (χ4n) is 3.93. The van der Waals surface area contributed by atoms with Crippen LogP contribution in [0.25, 0.3) is 10.9 Å². The molecule has 8 nitrogen and oxygen atoms in total. The molecular formula is C21H24FN3O5. The Morgan fingerprint density at radius 3 is 2.50 bits per heavy atom. The lowest BCUT2D eigenvalue weighted by molar-refractivity contribution is -0.117. The minimum atomic E-state index is -1.58. The number of ether oxygens (including phenoxy) is 1. The lowest BCUT2D eigenvalue weighted by Gasteiger charge is -2.36. The molecule has 2 aromatic rings. The van der Waals surface area contributed by atoms with Crippen LogP contribution >= 0.6 is 0 Å². The SMILES string of the molecule is CC(=O)CCN1CCN(c2cc3c(cc2F)c(=O)c(OC(=O)O)cn3C2CC2)CC1. The second-order valence-electron chi connectivity index (χ2n) is 7.93. The van der Waals surface area contributed by atoms with Gasteiger partial charge in [0.15, 0.2) is 5.75 Å². The van der Waals surface area contributed by atoms with E-state index in [1.165, 1.54) is 12.3 Å². The number of halogens is 1. The van der Waals surface area contributed by atoms with E-state index in [0.717, 1.165) is 25.9 Å². The van der Waals surface area contributed by atoms with Gasteiger partial charge in [-0.15, -0.1) is 0 Å². The fourth-order valence-corrected chi connectivity index (χ4v) is 3.93. The number of carbonyl (C=O) groups excluding carboxylic acids is 1. The molecule has 1 aliphatic heterocycles. The molecule has 30 heavy (non-hydrogen) atoms. The van der Waals surface area contributed by atoms with Gasteiger partial charge in [0.1, 0.15) is 11.6 Å². The zero-order chi connectivity index (χ0) is 21.4. The van der Waals surface area contributed by atoms with Gasteiger partial charge in [0, 0.05) is 45.2 Å². The summed E-state index contributed by atoms with van der Waals surface area (Å²) in [5.41, 5.74) is 0.369. The number of ketones is 1. The Morgan fingerprint density at radius 2 is 1.90 bits per heavy atom. The van der Waals surface area contributed by atoms with Gasteiger partial charge in [-0.1, -0.05) is 0 Å². The van der Waals surface area contributed by atoms with E-state index in [9.17, 15) is 18.8 Å². The summed E-state index contributed by atoms with van der Waals surface area (Å²) in [6.45, 7) is 4.98. The number of Topliss-reactive ketones (excluding diaryl/α,β-unsaturated/α-hetero) is 1. The molecule has 1 aromatic carbocycles. The molecule has 2 aliphatic rings. The summed E-state index contributed by atoms with van der Waals surface area (Å²) in [4.78, 5) is 38.9. The Morgan fingerprint density at radius 1 is 1.20 bits per heavy atom. The number of piperazine rings is 1. The van der Waals surface area contributed by atoms with Crippen molar-refractivity contribution in [1.29, 1.82) is 0 Å². The third-order valence-electron chi connectivity index (χ3n) is 5.70. The van der Waals surface area contributed by atoms with Crippen LogP contribution in [0.3, 0.4) is 0 Å². The van der Waals surface area contributed by atoms with E-state index >= 15 is 0 Å². The first-order valence-corrected chi connectivity index (χ1v) is 10.1. The number of anilines is 1. The highest BCUT2D eigenvalue weighted by atomic mass is 19.1. The average molecular weight is 417 g/mol. The maximum Gasteiger partial charge on any atom is 0.511 e. The van der Waals surface area contributed by atoms with Crippen LogP contribution < -0.4 is 15.1 Å². The molecular weight excluding hydrogens is 393 g/mol. The first kappa shape index (κ1) is 20.3. The Kier molecular flexibility index (Phi) is 5.46. The highest BCUT2D eigenvalue weighted by Crippen LogP contribution is 2.39. The Labute approximate surface area is 172 Å². The molecule has 1 saturated heterocycles. The Balaban J connectivity index is 1.65. The molecule has 1 N–H and O–H groups in total. The average Bonchev–Trinajstić information content (AvgIpc) is 3.54. The number of hydrogen-bond donors (Lipinski definition) is 1. The van der Waals surface area contributed by atoms with Crippen molar-refractivity contribution in [1.82, 2.24) is 9.47 Å². The molecule has 4 rings (SSSR count). The van der Waals surface area contributed by atoms with E-state index in [0.29, 0.717) is 37.3 Å². The summed E-state index contributed by atoms with van der Waals surface area (Å²) in [7, 11) is 0. The normalized spacial score (nSPS) is 17.3. The van der Waals surface area contributed by atoms with E-state index < -0.39 is 17.4 Å². The van der Waals surface area contributed by atoms with E-state index in [2.05, 4.69) is 9.64 Å². The quantitative estimate of drug-likeness (QED) is 0.723. The van der Waals surface area contributed by atoms with Crippen molar-refractivity contribution in [2.24, 2.45) is 0 Å². The van der Waals surface area contributed by atoms with Crippen LogP contribution in [0.15, 0.2) is 23.1 Å². The van der Waals surface area contributed by atoms with Crippen molar-refractivity contribution < 1.29 is 23.8 Å². The second-order valence-corrected chi connectivity index (χ2v) is 7.93. The summed E-state index contributed by atoms with van der Waals surface area (Å²) in [6.07, 6.45) is 2.17. The van der Waals surface area contributed by atoms with Crippen molar-refractivity contribution in [3.63, 3.8) is 0 Å². The van der Waals surface area contributed by atoms with Gasteiger partial charge in [-0.3, -0.25) is 14.5 Å². The lowest BCUT2D eigenvalue weighted by Crippen LogP contribution is -2.47. The molecule has 0 spiro atoms. The van der Waals surface area contributed by atoms with Crippen LogP contribution in [0.4, 0.5) is 14.9 Å². The number of nitrogens with zero attached hydrogens (tertiary/aromatic N) is 3. The molecule has 9 heteroatoms. The van der Waals surface area contributed by atoms with Gasteiger partial charge >= 0.3 is 6.16 Å². The maximum atomic E-state index is 15.0. The van der Waals surface area contributed by atoms with Crippen LogP contribution in [0.1, 0.15) is 32.2 Å². The Bertz CT molecular complexity index is 1050. The molecule has 2 heterocycles. The Hall–Kier alpha value is -2.94. The highest BCUT2D eigenvalue weighted by molar-refractivity contribution is 5.85. The minimum absolute atomic E-state index is 0.113. The summed E-state index contributed by atoms with van der Waals surface area (Å²) < 4.78 is 21.4. The molecule has 1 aromatic heterocycles. The first-order chi connectivity index (χ1) is 14.3. The maximum absolute atomic E-state index is 15.0. The monoisotopic (exact) mass is 417 g/mol. The third-order valence-corrected chi connectivity index (χ3v) is 5.70. The predicted molar refractivity (Wildman–Crippen MR) is 109 cm³/mol. The fraction of sp³-hybridized carbons (Fsp3) is 0.476. The molecule has 0 atom stereocenters. The number of fused-ring (bicyclic) bond motifs is 1. The number of rotatable bonds is 6. The van der Waals surface area contributed by atoms with E-state index in [-0.39, 0.29) is 23.0 Å². The topological polar surface area (TPSA) is 92.1 Å². The summed E-state index contributed by atoms with van der Waals surface area (Å²) in [5.74, 6) is -0.679. The van der Waals surface area contributed by atoms with E-state index in [4.69, 9.17) is 5.11 Å². The zero-order valence-electron chi connectivity index (χ0n) is 16.8. The molecule has 0 radical (unpaired) electrons. The molecule has 1 aliphatic carbocycles. The molecule has 0 amide bonds. The van der Waals surface area contributed by atoms with E-state index in [1.54, 1.807) is 13.0 Å². The van der Waals surface area contributed by atoms with Gasteiger partial charge in [-0.2, -0.15) is 0 Å². The summed E-state index contributed by atoms with van der Waals surface area (Å²) in [6, 6.07) is 3.01. The van der Waals surface area contributed by atoms with Crippen LogP contribution in [0.5, 0.6) is 5.75 Å². The number of benzene rings is 1. The summed E-state index contributed by atoms with van der Waals surface area (Å²) in [5, 5.41) is 9.01. The van der Waals surface area contributed by atoms with E-state index in [1.807, 2.05) is 9.47 Å². The van der Waals surface area contributed by atoms with Crippen molar-refractivity contribution in [3.05, 3.63) is 34.4 Å². The van der Waals surface area contributed by atoms with Gasteiger partial charge in [-0.25, -0.2) is 9.18 Å². The van der Waals surface area contributed by atoms with Crippen LogP contribution in [-0.2, 0) is 4.79 Å². The number of aromatic nitrogens is 1. The zero-order valence-corrected chi connectivity index (χ0v) is 16.8. The molecule has 160 valence electrons. The standard InChI is InChI=1S/C21H24FN3O5/c1-13(26)4-5-23-6-8-24(9-7-23)18-11-17-15(10-16(18)22)20(27)19(30-21(28)29)12-25(17)14-2-3-14/h10-12,14H,2-9H2,1H3,(H,28,29). The van der Waals surface area contributed by atoms with Gasteiger partial charge in [0.05, 0.1) is 22.8 Å². The summed E-state index contributed by atoms with van der Waals surface area (Å²) >= 11 is 0. The second kappa shape index (κ2) is 8.06. The third kappa shape index (κ3) is 4.16. The van der Waals surface area contributed by atoms with Crippen LogP contribution in [-0.4, -0.2) is 59.2 Å². The highest BCUT2D eigenvalue weighted by Gasteiger charge is 2.28.